The summed E-state index contributed by atoms with van der Waals surface area (Å²) >= 11 is 6.03. The largest absolute Gasteiger partial charge is 0.336 e. The van der Waals surface area contributed by atoms with Gasteiger partial charge in [-0.3, -0.25) is 4.79 Å². The number of hydrogen-bond acceptors (Lipinski definition) is 2. The van der Waals surface area contributed by atoms with Crippen LogP contribution >= 0.6 is 11.6 Å². The van der Waals surface area contributed by atoms with Gasteiger partial charge in [0.1, 0.15) is 0 Å². The fourth-order valence-electron chi connectivity index (χ4n) is 3.72. The SMILES string of the molecule is CC(=O)N(Cc1cccc(Cl)c1)C1C[C@H]2CNC[C@H]2C1. The van der Waals surface area contributed by atoms with Gasteiger partial charge in [0.2, 0.25) is 5.91 Å². The summed E-state index contributed by atoms with van der Waals surface area (Å²) in [6, 6.07) is 8.20. The van der Waals surface area contributed by atoms with E-state index in [4.69, 9.17) is 11.6 Å². The molecule has 1 aliphatic heterocycles. The molecule has 1 unspecified atom stereocenters. The summed E-state index contributed by atoms with van der Waals surface area (Å²) in [6.45, 7) is 4.58. The molecular weight excluding hydrogens is 272 g/mol. The molecule has 1 aromatic rings. The predicted molar refractivity (Wildman–Crippen MR) is 80.5 cm³/mol. The standard InChI is InChI=1S/C16H21ClN2O/c1-11(20)19(10-12-3-2-4-15(17)5-12)16-6-13-8-18-9-14(13)7-16/h2-5,13-14,16,18H,6-10H2,1H3/t13-,14+,16?. The Morgan fingerprint density at radius 2 is 2.05 bits per heavy atom. The number of halogens is 1. The van der Waals surface area contributed by atoms with Gasteiger partial charge in [0, 0.05) is 24.5 Å². The van der Waals surface area contributed by atoms with E-state index in [0.29, 0.717) is 12.6 Å². The zero-order chi connectivity index (χ0) is 14.1. The number of fused-ring (bicyclic) bond motifs is 1. The zero-order valence-electron chi connectivity index (χ0n) is 11.8. The quantitative estimate of drug-likeness (QED) is 0.929. The first kappa shape index (κ1) is 13.9. The molecule has 1 amide bonds. The molecule has 1 saturated heterocycles. The van der Waals surface area contributed by atoms with Gasteiger partial charge in [-0.15, -0.1) is 0 Å². The molecule has 1 N–H and O–H groups in total. The van der Waals surface area contributed by atoms with Gasteiger partial charge >= 0.3 is 0 Å². The van der Waals surface area contributed by atoms with Crippen LogP contribution in [0.1, 0.15) is 25.3 Å². The van der Waals surface area contributed by atoms with E-state index < -0.39 is 0 Å². The molecule has 0 bridgehead atoms. The number of amides is 1. The second-order valence-corrected chi connectivity index (χ2v) is 6.52. The number of nitrogens with one attached hydrogen (secondary N) is 1. The van der Waals surface area contributed by atoms with Crippen molar-refractivity contribution in [2.45, 2.75) is 32.4 Å². The monoisotopic (exact) mass is 292 g/mol. The molecule has 3 rings (SSSR count). The molecule has 108 valence electrons. The molecule has 4 heteroatoms. The Morgan fingerprint density at radius 1 is 1.35 bits per heavy atom. The van der Waals surface area contributed by atoms with E-state index in [1.54, 1.807) is 6.92 Å². The van der Waals surface area contributed by atoms with Crippen molar-refractivity contribution in [3.05, 3.63) is 34.9 Å². The van der Waals surface area contributed by atoms with Crippen molar-refractivity contribution in [1.82, 2.24) is 10.2 Å². The number of nitrogens with zero attached hydrogens (tertiary/aromatic N) is 1. The molecule has 2 fully saturated rings. The average Bonchev–Trinajstić information content (AvgIpc) is 2.96. The highest BCUT2D eigenvalue weighted by Gasteiger charge is 2.40. The van der Waals surface area contributed by atoms with Crippen LogP contribution in [0.5, 0.6) is 0 Å². The molecule has 3 atom stereocenters. The summed E-state index contributed by atoms with van der Waals surface area (Å²) in [4.78, 5) is 14.0. The molecule has 1 heterocycles. The normalized spacial score (nSPS) is 28.4. The first-order chi connectivity index (χ1) is 9.63. The van der Waals surface area contributed by atoms with E-state index in [1.165, 1.54) is 0 Å². The van der Waals surface area contributed by atoms with Gasteiger partial charge in [-0.25, -0.2) is 0 Å². The van der Waals surface area contributed by atoms with Crippen molar-refractivity contribution >= 4 is 17.5 Å². The summed E-state index contributed by atoms with van der Waals surface area (Å²) < 4.78 is 0. The van der Waals surface area contributed by atoms with E-state index in [2.05, 4.69) is 5.32 Å². The van der Waals surface area contributed by atoms with Crippen LogP contribution in [0.3, 0.4) is 0 Å². The lowest BCUT2D eigenvalue weighted by Gasteiger charge is -2.29. The van der Waals surface area contributed by atoms with Crippen molar-refractivity contribution in [1.29, 1.82) is 0 Å². The molecule has 0 radical (unpaired) electrons. The van der Waals surface area contributed by atoms with Crippen LogP contribution in [0.4, 0.5) is 0 Å². The summed E-state index contributed by atoms with van der Waals surface area (Å²) in [7, 11) is 0. The number of carbonyl (C=O) groups excluding carboxylic acids is 1. The van der Waals surface area contributed by atoms with Gasteiger partial charge in [0.15, 0.2) is 0 Å². The van der Waals surface area contributed by atoms with Crippen molar-refractivity contribution in [3.63, 3.8) is 0 Å². The van der Waals surface area contributed by atoms with Crippen LogP contribution in [0.25, 0.3) is 0 Å². The lowest BCUT2D eigenvalue weighted by atomic mass is 10.0. The van der Waals surface area contributed by atoms with Crippen LogP contribution in [0, 0.1) is 11.8 Å². The van der Waals surface area contributed by atoms with E-state index in [1.807, 2.05) is 29.2 Å². The van der Waals surface area contributed by atoms with Gasteiger partial charge in [-0.05, 0) is 55.5 Å². The van der Waals surface area contributed by atoms with Crippen LogP contribution < -0.4 is 5.32 Å². The summed E-state index contributed by atoms with van der Waals surface area (Å²) in [5, 5.41) is 4.18. The fraction of sp³-hybridized carbons (Fsp3) is 0.562. The zero-order valence-corrected chi connectivity index (χ0v) is 12.6. The second kappa shape index (κ2) is 5.74. The van der Waals surface area contributed by atoms with E-state index >= 15 is 0 Å². The topological polar surface area (TPSA) is 32.3 Å². The third-order valence-corrected chi connectivity index (χ3v) is 4.95. The van der Waals surface area contributed by atoms with Crippen LogP contribution in [0.15, 0.2) is 24.3 Å². The fourth-order valence-corrected chi connectivity index (χ4v) is 3.93. The van der Waals surface area contributed by atoms with Gasteiger partial charge in [-0.1, -0.05) is 23.7 Å². The van der Waals surface area contributed by atoms with Crippen LogP contribution in [-0.4, -0.2) is 29.9 Å². The molecule has 1 aliphatic carbocycles. The Balaban J connectivity index is 1.72. The first-order valence-corrected chi connectivity index (χ1v) is 7.73. The van der Waals surface area contributed by atoms with Gasteiger partial charge in [-0.2, -0.15) is 0 Å². The van der Waals surface area contributed by atoms with Crippen LogP contribution in [0.2, 0.25) is 5.02 Å². The van der Waals surface area contributed by atoms with Gasteiger partial charge in [0.05, 0.1) is 0 Å². The minimum atomic E-state index is 0.169. The number of benzene rings is 1. The van der Waals surface area contributed by atoms with Gasteiger partial charge in [0.25, 0.3) is 0 Å². The van der Waals surface area contributed by atoms with Crippen molar-refractivity contribution in [2.75, 3.05) is 13.1 Å². The maximum atomic E-state index is 12.0. The van der Waals surface area contributed by atoms with E-state index in [0.717, 1.165) is 48.4 Å². The second-order valence-electron chi connectivity index (χ2n) is 6.08. The molecule has 0 spiro atoms. The number of rotatable bonds is 3. The average molecular weight is 293 g/mol. The maximum Gasteiger partial charge on any atom is 0.219 e. The lowest BCUT2D eigenvalue weighted by molar-refractivity contribution is -0.131. The predicted octanol–water partition coefficient (Wildman–Crippen LogP) is 2.69. The van der Waals surface area contributed by atoms with Crippen molar-refractivity contribution in [3.8, 4) is 0 Å². The third-order valence-electron chi connectivity index (χ3n) is 4.72. The van der Waals surface area contributed by atoms with E-state index in [-0.39, 0.29) is 5.91 Å². The highest BCUT2D eigenvalue weighted by Crippen LogP contribution is 2.37. The highest BCUT2D eigenvalue weighted by atomic mass is 35.5. The molecule has 3 nitrogen and oxygen atoms in total. The Kier molecular flexibility index (Phi) is 3.99. The lowest BCUT2D eigenvalue weighted by Crippen LogP contribution is -2.37. The first-order valence-electron chi connectivity index (χ1n) is 7.36. The molecule has 1 aromatic carbocycles. The van der Waals surface area contributed by atoms with E-state index in [9.17, 15) is 4.79 Å². The maximum absolute atomic E-state index is 12.0. The molecule has 1 saturated carbocycles. The number of hydrogen-bond donors (Lipinski definition) is 1. The summed E-state index contributed by atoms with van der Waals surface area (Å²) in [5.41, 5.74) is 1.11. The Morgan fingerprint density at radius 3 is 2.65 bits per heavy atom. The highest BCUT2D eigenvalue weighted by molar-refractivity contribution is 6.30. The third kappa shape index (κ3) is 2.84. The van der Waals surface area contributed by atoms with Gasteiger partial charge < -0.3 is 10.2 Å². The Bertz CT molecular complexity index is 493. The summed E-state index contributed by atoms with van der Waals surface area (Å²) in [6.07, 6.45) is 2.27. The van der Waals surface area contributed by atoms with Crippen molar-refractivity contribution in [2.24, 2.45) is 11.8 Å². The summed E-state index contributed by atoms with van der Waals surface area (Å²) in [5.74, 6) is 1.67. The Labute approximate surface area is 125 Å². The molecule has 20 heavy (non-hydrogen) atoms. The molecular formula is C16H21ClN2O. The minimum Gasteiger partial charge on any atom is -0.336 e. The molecule has 2 aliphatic rings. The molecule has 0 aromatic heterocycles. The number of carbonyl (C=O) groups is 1. The minimum absolute atomic E-state index is 0.169. The Hall–Kier alpha value is -1.06. The van der Waals surface area contributed by atoms with Crippen molar-refractivity contribution < 1.29 is 4.79 Å². The van der Waals surface area contributed by atoms with Crippen LogP contribution in [-0.2, 0) is 11.3 Å². The smallest absolute Gasteiger partial charge is 0.219 e.